The number of hydrogen-bond acceptors (Lipinski definition) is 2. The maximum Gasteiger partial charge on any atom is 0.460 e. The third-order valence-electron chi connectivity index (χ3n) is 3.05. The SMILES string of the molecule is NS(=O)(=O)C(F)(F)C(F)(F)C(F)(F)C(F)(F)C(F)(F)C(F)(F)C(F)(F)C(F)(F)F.[Zn]. The van der Waals surface area contributed by atoms with Gasteiger partial charge in [0.25, 0.3) is 10.0 Å². The third-order valence-corrected chi connectivity index (χ3v) is 4.02. The van der Waals surface area contributed by atoms with Crippen molar-refractivity contribution in [1.29, 1.82) is 0 Å². The summed E-state index contributed by atoms with van der Waals surface area (Å²) in [6.07, 6.45) is -7.86. The molecular formula is C8H2F17NO2SZn. The molecular weight excluding hydrogens is 563 g/mol. The molecule has 0 unspecified atom stereocenters. The van der Waals surface area contributed by atoms with Crippen LogP contribution < -0.4 is 5.14 Å². The van der Waals surface area contributed by atoms with E-state index in [0.29, 0.717) is 0 Å². The van der Waals surface area contributed by atoms with Gasteiger partial charge in [-0.15, -0.1) is 0 Å². The molecule has 0 spiro atoms. The largest absolute Gasteiger partial charge is 0.460 e. The summed E-state index contributed by atoms with van der Waals surface area (Å²) in [6.45, 7) is 0. The Labute approximate surface area is 165 Å². The first kappa shape index (κ1) is 31.5. The molecule has 0 aliphatic carbocycles. The summed E-state index contributed by atoms with van der Waals surface area (Å²) in [7, 11) is -7.39. The second kappa shape index (κ2) is 7.45. The standard InChI is InChI=1S/C8H2F17NO2S.Zn/c9-1(10,3(13,14)5(17,18)7(21,22)23)2(11,12)4(15,16)6(19,20)8(24,25)29(26,27)28;/h(H2,26,27,28);. The molecule has 0 saturated carbocycles. The van der Waals surface area contributed by atoms with E-state index >= 15 is 0 Å². The van der Waals surface area contributed by atoms with Crippen molar-refractivity contribution >= 4 is 10.0 Å². The summed E-state index contributed by atoms with van der Waals surface area (Å²) >= 11 is 0. The molecule has 0 atom stereocenters. The Kier molecular flexibility index (Phi) is 7.83. The van der Waals surface area contributed by atoms with Crippen LogP contribution in [0.25, 0.3) is 0 Å². The second-order valence-electron chi connectivity index (χ2n) is 5.01. The molecule has 0 fully saturated rings. The van der Waals surface area contributed by atoms with E-state index in [2.05, 4.69) is 5.14 Å². The molecule has 0 radical (unpaired) electrons. The van der Waals surface area contributed by atoms with E-state index in [-0.39, 0.29) is 19.5 Å². The minimum Gasteiger partial charge on any atom is -0.223 e. The molecule has 3 nitrogen and oxygen atoms in total. The van der Waals surface area contributed by atoms with E-state index in [1.165, 1.54) is 0 Å². The first-order valence-corrected chi connectivity index (χ1v) is 7.28. The van der Waals surface area contributed by atoms with Crippen molar-refractivity contribution < 1.29 is 103 Å². The summed E-state index contributed by atoms with van der Waals surface area (Å²) in [4.78, 5) is 0. The molecule has 2 N–H and O–H groups in total. The van der Waals surface area contributed by atoms with Crippen LogP contribution in [0, 0.1) is 0 Å². The van der Waals surface area contributed by atoms with Crippen molar-refractivity contribution in [1.82, 2.24) is 0 Å². The molecule has 0 aromatic heterocycles. The van der Waals surface area contributed by atoms with E-state index in [0.717, 1.165) is 0 Å². The molecule has 0 aromatic carbocycles. The number of hydrogen-bond donors (Lipinski definition) is 1. The topological polar surface area (TPSA) is 60.2 Å². The van der Waals surface area contributed by atoms with Crippen molar-refractivity contribution in [3.8, 4) is 0 Å². The molecule has 0 amide bonds. The van der Waals surface area contributed by atoms with Crippen LogP contribution in [0.1, 0.15) is 0 Å². The van der Waals surface area contributed by atoms with Crippen LogP contribution in [0.4, 0.5) is 74.6 Å². The van der Waals surface area contributed by atoms with Gasteiger partial charge in [-0.25, -0.2) is 13.6 Å². The van der Waals surface area contributed by atoms with Crippen LogP contribution in [-0.4, -0.2) is 55.4 Å². The Morgan fingerprint density at radius 2 is 0.633 bits per heavy atom. The molecule has 0 bridgehead atoms. The molecule has 178 valence electrons. The van der Waals surface area contributed by atoms with E-state index in [9.17, 15) is 83.1 Å². The zero-order valence-corrected chi connectivity index (χ0v) is 16.7. The summed E-state index contributed by atoms with van der Waals surface area (Å²) in [5.74, 6) is -51.6. The van der Waals surface area contributed by atoms with Crippen LogP contribution in [-0.2, 0) is 29.5 Å². The summed E-state index contributed by atoms with van der Waals surface area (Å²) in [5.41, 5.74) is 0. The van der Waals surface area contributed by atoms with Crippen molar-refractivity contribution in [2.75, 3.05) is 0 Å². The van der Waals surface area contributed by atoms with Crippen LogP contribution in [0.5, 0.6) is 0 Å². The first-order chi connectivity index (χ1) is 12.0. The summed E-state index contributed by atoms with van der Waals surface area (Å²) in [5, 5.41) is -4.30. The fraction of sp³-hybridized carbons (Fsp3) is 1.00. The average molecular weight is 565 g/mol. The van der Waals surface area contributed by atoms with Gasteiger partial charge >= 0.3 is 47.0 Å². The Bertz CT molecular complexity index is 741. The van der Waals surface area contributed by atoms with Gasteiger partial charge in [0.15, 0.2) is 0 Å². The summed E-state index contributed by atoms with van der Waals surface area (Å²) < 4.78 is 236. The Morgan fingerprint density at radius 1 is 0.433 bits per heavy atom. The molecule has 30 heavy (non-hydrogen) atoms. The number of nitrogens with two attached hydrogens (primary N) is 1. The van der Waals surface area contributed by atoms with Gasteiger partial charge in [-0.05, 0) is 0 Å². The Balaban J connectivity index is 0. The van der Waals surface area contributed by atoms with E-state index in [4.69, 9.17) is 0 Å². The van der Waals surface area contributed by atoms with E-state index in [1.807, 2.05) is 0 Å². The number of halogens is 17. The van der Waals surface area contributed by atoms with Crippen molar-refractivity contribution in [2.45, 2.75) is 47.0 Å². The van der Waals surface area contributed by atoms with Gasteiger partial charge < -0.3 is 0 Å². The summed E-state index contributed by atoms with van der Waals surface area (Å²) in [6, 6.07) is 0. The normalized spacial score (nSPS) is 16.3. The fourth-order valence-corrected chi connectivity index (χ4v) is 1.81. The predicted molar refractivity (Wildman–Crippen MR) is 53.8 cm³/mol. The van der Waals surface area contributed by atoms with Gasteiger partial charge in [0.05, 0.1) is 0 Å². The van der Waals surface area contributed by atoms with Gasteiger partial charge in [0, 0.05) is 19.5 Å². The minimum absolute atomic E-state index is 0. The van der Waals surface area contributed by atoms with Gasteiger partial charge in [-0.1, -0.05) is 0 Å². The molecule has 0 aromatic rings. The van der Waals surface area contributed by atoms with Crippen molar-refractivity contribution in [3.63, 3.8) is 0 Å². The molecule has 0 aliphatic rings. The minimum atomic E-state index is -8.84. The molecule has 0 heterocycles. The maximum absolute atomic E-state index is 13.1. The van der Waals surface area contributed by atoms with Gasteiger partial charge in [0.1, 0.15) is 0 Å². The van der Waals surface area contributed by atoms with Gasteiger partial charge in [0.2, 0.25) is 0 Å². The number of sulfonamides is 1. The van der Waals surface area contributed by atoms with Crippen molar-refractivity contribution in [2.24, 2.45) is 5.14 Å². The Morgan fingerprint density at radius 3 is 0.833 bits per heavy atom. The van der Waals surface area contributed by atoms with E-state index in [1.54, 1.807) is 0 Å². The molecule has 22 heteroatoms. The quantitative estimate of drug-likeness (QED) is 0.372. The fourth-order valence-electron chi connectivity index (χ4n) is 1.33. The molecule has 0 aliphatic heterocycles. The Hall–Kier alpha value is -0.657. The molecule has 0 rings (SSSR count). The second-order valence-corrected chi connectivity index (χ2v) is 6.61. The van der Waals surface area contributed by atoms with E-state index < -0.39 is 57.0 Å². The monoisotopic (exact) mass is 563 g/mol. The zero-order valence-electron chi connectivity index (χ0n) is 12.9. The van der Waals surface area contributed by atoms with Crippen LogP contribution in [0.3, 0.4) is 0 Å². The number of alkyl halides is 17. The van der Waals surface area contributed by atoms with Gasteiger partial charge in [-0.2, -0.15) is 74.6 Å². The van der Waals surface area contributed by atoms with Crippen LogP contribution in [0.15, 0.2) is 0 Å². The van der Waals surface area contributed by atoms with Crippen LogP contribution in [0.2, 0.25) is 0 Å². The smallest absolute Gasteiger partial charge is 0.223 e. The van der Waals surface area contributed by atoms with Gasteiger partial charge in [-0.3, -0.25) is 0 Å². The third kappa shape index (κ3) is 3.73. The maximum atomic E-state index is 13.1. The molecule has 0 saturated heterocycles. The van der Waals surface area contributed by atoms with Crippen molar-refractivity contribution in [3.05, 3.63) is 0 Å². The van der Waals surface area contributed by atoms with Crippen LogP contribution >= 0.6 is 0 Å². The predicted octanol–water partition coefficient (Wildman–Crippen LogP) is 4.24. The number of primary sulfonamides is 1. The first-order valence-electron chi connectivity index (χ1n) is 5.74. The zero-order chi connectivity index (χ0) is 24.5. The average Bonchev–Trinajstić information content (AvgIpc) is 2.43. The number of rotatable bonds is 7.